The van der Waals surface area contributed by atoms with Crippen molar-refractivity contribution in [2.45, 2.75) is 0 Å². The average Bonchev–Trinajstić information content (AvgIpc) is 3.81. The maximum atomic E-state index is 5.56. The Balaban J connectivity index is 1.20. The van der Waals surface area contributed by atoms with E-state index in [0.717, 1.165) is 72.3 Å². The van der Waals surface area contributed by atoms with Crippen LogP contribution in [0.25, 0.3) is 110 Å². The second kappa shape index (κ2) is 12.9. The molecular weight excluding hydrogens is 705 g/mol. The Morgan fingerprint density at radius 3 is 1.17 bits per heavy atom. The first-order valence-corrected chi connectivity index (χ1v) is 19.7. The molecule has 12 aromatic rings. The summed E-state index contributed by atoms with van der Waals surface area (Å²) in [6, 6.07) is 73.8. The van der Waals surface area contributed by atoms with Crippen LogP contribution >= 0.6 is 0 Å². The Bertz CT molecular complexity index is 3280. The van der Waals surface area contributed by atoms with Gasteiger partial charge in [0.1, 0.15) is 0 Å². The molecule has 58 heavy (non-hydrogen) atoms. The lowest BCUT2D eigenvalue weighted by molar-refractivity contribution is 1.12. The van der Waals surface area contributed by atoms with Gasteiger partial charge in [0.05, 0.1) is 33.5 Å². The number of aromatic nitrogens is 4. The van der Waals surface area contributed by atoms with Crippen LogP contribution in [0.4, 0.5) is 0 Å². The summed E-state index contributed by atoms with van der Waals surface area (Å²) in [7, 11) is 0. The highest BCUT2D eigenvalue weighted by Crippen LogP contribution is 2.40. The second-order valence-corrected chi connectivity index (χ2v) is 15.0. The van der Waals surface area contributed by atoms with Crippen molar-refractivity contribution in [1.82, 2.24) is 19.1 Å². The first-order valence-electron chi connectivity index (χ1n) is 19.7. The molecule has 4 heteroatoms. The van der Waals surface area contributed by atoms with Gasteiger partial charge in [-0.2, -0.15) is 0 Å². The molecule has 270 valence electrons. The monoisotopic (exact) mass is 738 g/mol. The van der Waals surface area contributed by atoms with Gasteiger partial charge in [-0.25, -0.2) is 9.97 Å². The molecular formula is C54H34N4. The molecule has 3 aromatic heterocycles. The van der Waals surface area contributed by atoms with Gasteiger partial charge in [0, 0.05) is 49.6 Å². The smallest absolute Gasteiger partial charge is 0.160 e. The van der Waals surface area contributed by atoms with Gasteiger partial charge in [0.2, 0.25) is 0 Å². The molecule has 0 spiro atoms. The molecule has 0 saturated carbocycles. The maximum Gasteiger partial charge on any atom is 0.160 e. The number of benzene rings is 9. The third-order valence-corrected chi connectivity index (χ3v) is 11.7. The molecule has 0 atom stereocenters. The van der Waals surface area contributed by atoms with E-state index < -0.39 is 0 Å². The summed E-state index contributed by atoms with van der Waals surface area (Å²) in [5.41, 5.74) is 11.5. The number of rotatable bonds is 5. The Morgan fingerprint density at radius 2 is 0.690 bits per heavy atom. The highest BCUT2D eigenvalue weighted by Gasteiger charge is 2.20. The zero-order chi connectivity index (χ0) is 38.2. The van der Waals surface area contributed by atoms with E-state index in [1.165, 1.54) is 32.3 Å². The van der Waals surface area contributed by atoms with Gasteiger partial charge >= 0.3 is 0 Å². The Morgan fingerprint density at radius 1 is 0.293 bits per heavy atom. The van der Waals surface area contributed by atoms with E-state index in [2.05, 4.69) is 215 Å². The number of para-hydroxylation sites is 4. The summed E-state index contributed by atoms with van der Waals surface area (Å²) in [4.78, 5) is 11.0. The van der Waals surface area contributed by atoms with Crippen LogP contribution in [-0.4, -0.2) is 19.1 Å². The molecule has 4 nitrogen and oxygen atoms in total. The molecule has 0 aliphatic heterocycles. The Labute approximate surface area is 334 Å². The fourth-order valence-electron chi connectivity index (χ4n) is 9.13. The standard InChI is InChI=1S/C54H34N4/c1-2-16-35(17-3-1)47-34-48(53-41-20-6-4-18-36(41)30-37-19-5-7-21-42(37)53)56-54(55-47)38-31-39(57-49-26-12-8-22-43(49)44-23-9-13-27-50(44)57)33-40(32-38)58-51-28-14-10-24-45(51)46-25-11-15-29-52(46)58/h1-34H. The van der Waals surface area contributed by atoms with Crippen molar-refractivity contribution < 1.29 is 0 Å². The number of hydrogen-bond donors (Lipinski definition) is 0. The minimum absolute atomic E-state index is 0.665. The van der Waals surface area contributed by atoms with E-state index in [4.69, 9.17) is 9.97 Å². The van der Waals surface area contributed by atoms with Crippen molar-refractivity contribution in [3.05, 3.63) is 206 Å². The molecule has 0 saturated heterocycles. The zero-order valence-electron chi connectivity index (χ0n) is 31.4. The van der Waals surface area contributed by atoms with Crippen LogP contribution in [0.2, 0.25) is 0 Å². The SMILES string of the molecule is c1ccc(-c2cc(-c3c4ccccc4cc4ccccc34)nc(-c3cc(-n4c5ccccc5c5ccccc54)cc(-n4c5ccccc5c5ccccc54)c3)n2)cc1. The minimum atomic E-state index is 0.665. The zero-order valence-corrected chi connectivity index (χ0v) is 31.4. The van der Waals surface area contributed by atoms with Crippen LogP contribution in [0.3, 0.4) is 0 Å². The lowest BCUT2D eigenvalue weighted by Crippen LogP contribution is -2.02. The van der Waals surface area contributed by atoms with E-state index in [-0.39, 0.29) is 0 Å². The number of fused-ring (bicyclic) bond motifs is 8. The van der Waals surface area contributed by atoms with Crippen LogP contribution in [0.5, 0.6) is 0 Å². The molecule has 0 unspecified atom stereocenters. The summed E-state index contributed by atoms with van der Waals surface area (Å²) in [6.07, 6.45) is 0. The van der Waals surface area contributed by atoms with Gasteiger partial charge < -0.3 is 9.13 Å². The lowest BCUT2D eigenvalue weighted by Gasteiger charge is -2.17. The van der Waals surface area contributed by atoms with E-state index in [1.54, 1.807) is 0 Å². The summed E-state index contributed by atoms with van der Waals surface area (Å²) in [6.45, 7) is 0. The molecule has 0 aliphatic rings. The predicted molar refractivity (Wildman–Crippen MR) is 242 cm³/mol. The van der Waals surface area contributed by atoms with Crippen LogP contribution in [-0.2, 0) is 0 Å². The third kappa shape index (κ3) is 5.02. The van der Waals surface area contributed by atoms with Crippen molar-refractivity contribution in [3.63, 3.8) is 0 Å². The quantitative estimate of drug-likeness (QED) is 0.165. The van der Waals surface area contributed by atoms with Crippen LogP contribution in [0, 0.1) is 0 Å². The van der Waals surface area contributed by atoms with Crippen molar-refractivity contribution >= 4 is 65.2 Å². The molecule has 0 bridgehead atoms. The molecule has 0 N–H and O–H groups in total. The van der Waals surface area contributed by atoms with Crippen LogP contribution in [0.1, 0.15) is 0 Å². The van der Waals surface area contributed by atoms with Crippen molar-refractivity contribution in [1.29, 1.82) is 0 Å². The van der Waals surface area contributed by atoms with Gasteiger partial charge in [0.25, 0.3) is 0 Å². The summed E-state index contributed by atoms with van der Waals surface area (Å²) < 4.78 is 4.79. The van der Waals surface area contributed by atoms with Crippen LogP contribution < -0.4 is 0 Å². The van der Waals surface area contributed by atoms with E-state index >= 15 is 0 Å². The highest BCUT2D eigenvalue weighted by atomic mass is 15.0. The van der Waals surface area contributed by atoms with E-state index in [1.807, 2.05) is 0 Å². The molecule has 9 aromatic carbocycles. The average molecular weight is 739 g/mol. The first-order chi connectivity index (χ1) is 28.8. The molecule has 12 rings (SSSR count). The van der Waals surface area contributed by atoms with Gasteiger partial charge in [0.15, 0.2) is 5.82 Å². The van der Waals surface area contributed by atoms with Crippen molar-refractivity contribution in [3.8, 4) is 45.3 Å². The fraction of sp³-hybridized carbons (Fsp3) is 0. The topological polar surface area (TPSA) is 35.6 Å². The molecule has 0 radical (unpaired) electrons. The van der Waals surface area contributed by atoms with Gasteiger partial charge in [-0.05, 0) is 76.1 Å². The Hall–Kier alpha value is -7.82. The molecule has 3 heterocycles. The minimum Gasteiger partial charge on any atom is -0.309 e. The highest BCUT2D eigenvalue weighted by molar-refractivity contribution is 6.13. The summed E-state index contributed by atoms with van der Waals surface area (Å²) in [5.74, 6) is 0.665. The third-order valence-electron chi connectivity index (χ3n) is 11.7. The fourth-order valence-corrected chi connectivity index (χ4v) is 9.13. The van der Waals surface area contributed by atoms with Crippen molar-refractivity contribution in [2.24, 2.45) is 0 Å². The summed E-state index contributed by atoms with van der Waals surface area (Å²) in [5, 5.41) is 9.55. The second-order valence-electron chi connectivity index (χ2n) is 15.0. The molecule has 0 fully saturated rings. The summed E-state index contributed by atoms with van der Waals surface area (Å²) >= 11 is 0. The largest absolute Gasteiger partial charge is 0.309 e. The number of hydrogen-bond acceptors (Lipinski definition) is 2. The van der Waals surface area contributed by atoms with Gasteiger partial charge in [-0.1, -0.05) is 152 Å². The lowest BCUT2D eigenvalue weighted by atomic mass is 9.94. The Kier molecular flexibility index (Phi) is 7.20. The van der Waals surface area contributed by atoms with Gasteiger partial charge in [-0.15, -0.1) is 0 Å². The van der Waals surface area contributed by atoms with Crippen LogP contribution in [0.15, 0.2) is 206 Å². The first kappa shape index (κ1) is 32.4. The van der Waals surface area contributed by atoms with Gasteiger partial charge in [-0.3, -0.25) is 0 Å². The molecule has 0 aliphatic carbocycles. The van der Waals surface area contributed by atoms with E-state index in [9.17, 15) is 0 Å². The molecule has 0 amide bonds. The normalized spacial score (nSPS) is 11.8. The maximum absolute atomic E-state index is 5.56. The van der Waals surface area contributed by atoms with Crippen molar-refractivity contribution in [2.75, 3.05) is 0 Å². The van der Waals surface area contributed by atoms with E-state index in [0.29, 0.717) is 5.82 Å². The number of nitrogens with zero attached hydrogens (tertiary/aromatic N) is 4. The predicted octanol–water partition coefficient (Wildman–Crippen LogP) is 14.0.